The van der Waals surface area contributed by atoms with E-state index in [9.17, 15) is 30.6 Å². The molecule has 5 nitrogen and oxygen atoms in total. The van der Waals surface area contributed by atoms with Gasteiger partial charge in [-0.2, -0.15) is 13.2 Å². The molecule has 0 aliphatic carbocycles. The van der Waals surface area contributed by atoms with E-state index in [1.54, 1.807) is 0 Å². The van der Waals surface area contributed by atoms with Crippen molar-refractivity contribution >= 4 is 26.7 Å². The van der Waals surface area contributed by atoms with Gasteiger partial charge in [-0.1, -0.05) is 0 Å². The van der Waals surface area contributed by atoms with E-state index in [-0.39, 0.29) is 22.8 Å². The zero-order chi connectivity index (χ0) is 23.0. The molecule has 0 aliphatic heterocycles. The summed E-state index contributed by atoms with van der Waals surface area (Å²) in [6, 6.07) is 5.10. The summed E-state index contributed by atoms with van der Waals surface area (Å²) in [6.07, 6.45) is -2.89. The van der Waals surface area contributed by atoms with Gasteiger partial charge in [-0.3, -0.25) is 9.35 Å². The van der Waals surface area contributed by atoms with Gasteiger partial charge in [-0.15, -0.1) is 0 Å². The molecule has 3 rings (SSSR count). The van der Waals surface area contributed by atoms with Crippen LogP contribution < -0.4 is 10.5 Å². The number of hydrogen-bond donors (Lipinski definition) is 2. The monoisotopic (exact) mass is 460 g/mol. The largest absolute Gasteiger partial charge is 0.416 e. The molecule has 0 radical (unpaired) electrons. The standard InChI is InChI=1S/C19H14F6N4OS/c1-31(26,30)9-10-4-11(19(23,24)25)6-13(5-10)28-18-27-8-16(22)17(29-18)14-3-2-12(20)7-15(14)21/h2-9H,1H3,(H2,26,30)(H,27,28,29). The molecule has 1 unspecified atom stereocenters. The van der Waals surface area contributed by atoms with Crippen LogP contribution in [0.3, 0.4) is 0 Å². The van der Waals surface area contributed by atoms with Crippen molar-refractivity contribution < 1.29 is 30.6 Å². The van der Waals surface area contributed by atoms with E-state index in [4.69, 9.17) is 5.14 Å². The van der Waals surface area contributed by atoms with Crippen molar-refractivity contribution in [1.82, 2.24) is 9.97 Å². The summed E-state index contributed by atoms with van der Waals surface area (Å²) >= 11 is 0. The second kappa shape index (κ2) is 8.19. The minimum atomic E-state index is -4.73. The number of anilines is 2. The number of nitrogens with one attached hydrogen (secondary N) is 1. The molecule has 0 aliphatic rings. The highest BCUT2D eigenvalue weighted by Gasteiger charge is 2.31. The summed E-state index contributed by atoms with van der Waals surface area (Å²) in [7, 11) is -3.01. The van der Waals surface area contributed by atoms with Crippen molar-refractivity contribution in [1.29, 1.82) is 0 Å². The number of halogens is 6. The molecule has 0 saturated carbocycles. The van der Waals surface area contributed by atoms with Crippen LogP contribution in [0.4, 0.5) is 38.0 Å². The summed E-state index contributed by atoms with van der Waals surface area (Å²) in [5.74, 6) is -3.34. The Kier molecular flexibility index (Phi) is 5.96. The zero-order valence-electron chi connectivity index (χ0n) is 15.7. The van der Waals surface area contributed by atoms with Crippen molar-refractivity contribution in [3.8, 4) is 11.3 Å². The highest BCUT2D eigenvalue weighted by atomic mass is 32.2. The van der Waals surface area contributed by atoms with Crippen molar-refractivity contribution in [3.63, 3.8) is 0 Å². The molecule has 0 fully saturated rings. The highest BCUT2D eigenvalue weighted by Crippen LogP contribution is 2.33. The van der Waals surface area contributed by atoms with Crippen molar-refractivity contribution in [2.45, 2.75) is 6.18 Å². The first kappa shape index (κ1) is 22.6. The molecule has 12 heteroatoms. The van der Waals surface area contributed by atoms with E-state index in [1.165, 1.54) is 6.07 Å². The molecule has 164 valence electrons. The lowest BCUT2D eigenvalue weighted by atomic mass is 10.1. The lowest BCUT2D eigenvalue weighted by Gasteiger charge is -2.13. The SMILES string of the molecule is CS(N)(=O)=Cc1cc(Nc2ncc(F)c(-c3ccc(F)cc3F)n2)cc(C(F)(F)F)c1. The molecule has 1 heterocycles. The van der Waals surface area contributed by atoms with Crippen LogP contribution in [0.2, 0.25) is 0 Å². The van der Waals surface area contributed by atoms with Gasteiger partial charge in [0.25, 0.3) is 0 Å². The lowest BCUT2D eigenvalue weighted by Crippen LogP contribution is -2.14. The van der Waals surface area contributed by atoms with Crippen molar-refractivity contribution in [3.05, 3.63) is 71.2 Å². The Bertz CT molecular complexity index is 1260. The first-order valence-corrected chi connectivity index (χ1v) is 10.5. The van der Waals surface area contributed by atoms with Crippen LogP contribution in [0.5, 0.6) is 0 Å². The van der Waals surface area contributed by atoms with Crippen LogP contribution in [0.1, 0.15) is 11.1 Å². The summed E-state index contributed by atoms with van der Waals surface area (Å²) in [6.45, 7) is 0. The molecule has 1 atom stereocenters. The Balaban J connectivity index is 2.06. The van der Waals surface area contributed by atoms with E-state index in [0.29, 0.717) is 12.3 Å². The predicted molar refractivity (Wildman–Crippen MR) is 105 cm³/mol. The summed E-state index contributed by atoms with van der Waals surface area (Å²) in [5.41, 5.74) is -2.20. The van der Waals surface area contributed by atoms with Gasteiger partial charge < -0.3 is 5.32 Å². The van der Waals surface area contributed by atoms with E-state index in [0.717, 1.165) is 35.9 Å². The second-order valence-corrected chi connectivity index (χ2v) is 8.73. The van der Waals surface area contributed by atoms with E-state index < -0.39 is 44.6 Å². The van der Waals surface area contributed by atoms with Gasteiger partial charge in [0, 0.05) is 38.6 Å². The molecule has 1 aromatic heterocycles. The maximum absolute atomic E-state index is 14.1. The van der Waals surface area contributed by atoms with Crippen LogP contribution in [0, 0.1) is 17.5 Å². The van der Waals surface area contributed by atoms with E-state index in [2.05, 4.69) is 15.3 Å². The number of benzene rings is 2. The highest BCUT2D eigenvalue weighted by molar-refractivity contribution is 7.98. The van der Waals surface area contributed by atoms with Gasteiger partial charge in [-0.25, -0.2) is 23.1 Å². The van der Waals surface area contributed by atoms with Gasteiger partial charge in [0.15, 0.2) is 5.82 Å². The molecule has 0 spiro atoms. The van der Waals surface area contributed by atoms with Crippen LogP contribution >= 0.6 is 0 Å². The fraction of sp³-hybridized carbons (Fsp3) is 0.105. The fourth-order valence-corrected chi connectivity index (χ4v) is 3.33. The van der Waals surface area contributed by atoms with Crippen molar-refractivity contribution in [2.24, 2.45) is 5.14 Å². The average molecular weight is 460 g/mol. The van der Waals surface area contributed by atoms with Gasteiger partial charge >= 0.3 is 6.18 Å². The molecule has 3 aromatic rings. The average Bonchev–Trinajstić information content (AvgIpc) is 2.61. The second-order valence-electron chi connectivity index (χ2n) is 6.57. The quantitative estimate of drug-likeness (QED) is 0.450. The molecule has 0 bridgehead atoms. The topological polar surface area (TPSA) is 80.9 Å². The number of nitrogens with two attached hydrogens (primary N) is 1. The third-order valence-electron chi connectivity index (χ3n) is 3.84. The van der Waals surface area contributed by atoms with Crippen LogP contribution in [-0.4, -0.2) is 25.8 Å². The Morgan fingerprint density at radius 3 is 2.39 bits per heavy atom. The lowest BCUT2D eigenvalue weighted by molar-refractivity contribution is -0.137. The molecule has 0 saturated heterocycles. The molecular formula is C19H14F6N4OS. The molecular weight excluding hydrogens is 446 g/mol. The fourth-order valence-electron chi connectivity index (χ4n) is 2.65. The number of nitrogens with zero attached hydrogens (tertiary/aromatic N) is 2. The van der Waals surface area contributed by atoms with Crippen molar-refractivity contribution in [2.75, 3.05) is 11.6 Å². The first-order valence-electron chi connectivity index (χ1n) is 8.41. The number of alkyl halides is 3. The smallest absolute Gasteiger partial charge is 0.324 e. The third-order valence-corrected chi connectivity index (χ3v) is 4.58. The van der Waals surface area contributed by atoms with Gasteiger partial charge in [0.05, 0.1) is 11.8 Å². The van der Waals surface area contributed by atoms with Gasteiger partial charge in [-0.05, 0) is 35.9 Å². The Morgan fingerprint density at radius 1 is 1.06 bits per heavy atom. The van der Waals surface area contributed by atoms with Gasteiger partial charge in [0.1, 0.15) is 17.3 Å². The van der Waals surface area contributed by atoms with E-state index in [1.807, 2.05) is 0 Å². The van der Waals surface area contributed by atoms with Crippen LogP contribution in [0.25, 0.3) is 11.3 Å². The summed E-state index contributed by atoms with van der Waals surface area (Å²) in [5, 5.41) is 8.84. The third kappa shape index (κ3) is 5.73. The minimum Gasteiger partial charge on any atom is -0.324 e. The first-order chi connectivity index (χ1) is 14.3. The maximum Gasteiger partial charge on any atom is 0.416 e. The zero-order valence-corrected chi connectivity index (χ0v) is 16.5. The van der Waals surface area contributed by atoms with Gasteiger partial charge in [0.2, 0.25) is 5.95 Å². The van der Waals surface area contributed by atoms with Crippen LogP contribution in [-0.2, 0) is 15.9 Å². The molecule has 2 aromatic carbocycles. The molecule has 0 amide bonds. The van der Waals surface area contributed by atoms with E-state index >= 15 is 0 Å². The Labute approximate surface area is 173 Å². The minimum absolute atomic E-state index is 0.0840. The molecule has 3 N–H and O–H groups in total. The number of rotatable bonds is 4. The Morgan fingerprint density at radius 2 is 1.77 bits per heavy atom. The predicted octanol–water partition coefficient (Wildman–Crippen LogP) is 4.26. The number of hydrogen-bond acceptors (Lipinski definition) is 4. The number of aromatic nitrogens is 2. The Hall–Kier alpha value is -3.12. The van der Waals surface area contributed by atoms with Crippen LogP contribution in [0.15, 0.2) is 42.6 Å². The summed E-state index contributed by atoms with van der Waals surface area (Å²) in [4.78, 5) is 7.43. The normalized spacial score (nSPS) is 13.5. The molecule has 31 heavy (non-hydrogen) atoms. The summed E-state index contributed by atoms with van der Waals surface area (Å²) < 4.78 is 92.7. The maximum atomic E-state index is 14.1.